The van der Waals surface area contributed by atoms with Crippen molar-refractivity contribution in [3.63, 3.8) is 0 Å². The van der Waals surface area contributed by atoms with Crippen molar-refractivity contribution in [1.29, 1.82) is 0 Å². The summed E-state index contributed by atoms with van der Waals surface area (Å²) in [6, 6.07) is 31.9. The van der Waals surface area contributed by atoms with Crippen molar-refractivity contribution in [2.75, 3.05) is 0 Å². The minimum atomic E-state index is -1.57. The second-order valence-electron chi connectivity index (χ2n) is 6.93. The molecule has 0 amide bonds. The topological polar surface area (TPSA) is 0 Å². The molecule has 27 heavy (non-hydrogen) atoms. The van der Waals surface area contributed by atoms with Crippen LogP contribution in [0.25, 0.3) is 10.8 Å². The van der Waals surface area contributed by atoms with Crippen LogP contribution in [0.1, 0.15) is 11.1 Å². The van der Waals surface area contributed by atoms with Crippen LogP contribution in [0.5, 0.6) is 0 Å². The molecule has 1 aliphatic rings. The average molecular weight is 528 g/mol. The molecular weight excluding hydrogens is 507 g/mol. The molecule has 0 N–H and O–H groups in total. The summed E-state index contributed by atoms with van der Waals surface area (Å²) < 4.78 is 6.25. The summed E-state index contributed by atoms with van der Waals surface area (Å²) in [6.07, 6.45) is 2.41. The molecular formula is C25H21SeTe+. The molecule has 0 spiro atoms. The normalized spacial score (nSPS) is 12.8. The van der Waals surface area contributed by atoms with Crippen LogP contribution in [-0.2, 0) is 12.8 Å². The van der Waals surface area contributed by atoms with Crippen LogP contribution in [0.15, 0.2) is 84.9 Å². The fourth-order valence-electron chi connectivity index (χ4n) is 3.97. The van der Waals surface area contributed by atoms with Crippen LogP contribution in [0.3, 0.4) is 0 Å². The number of hydrogen-bond acceptors (Lipinski definition) is 0. The molecule has 0 nitrogen and oxygen atoms in total. The molecule has 2 heteroatoms. The second kappa shape index (κ2) is 7.46. The van der Waals surface area contributed by atoms with Crippen molar-refractivity contribution in [3.05, 3.63) is 96.1 Å². The Hall–Kier alpha value is -1.55. The van der Waals surface area contributed by atoms with E-state index in [-0.39, 0.29) is 0 Å². The SMILES string of the molecule is C[Te+](c1ccccc1)c1ccc2c3c(ccc([Se]c4ccccc4)c13)CC2. The van der Waals surface area contributed by atoms with Gasteiger partial charge in [0.1, 0.15) is 0 Å². The molecule has 5 rings (SSSR count). The van der Waals surface area contributed by atoms with Gasteiger partial charge in [0, 0.05) is 0 Å². The molecule has 0 aromatic heterocycles. The summed E-state index contributed by atoms with van der Waals surface area (Å²) in [7, 11) is 0. The molecule has 132 valence electrons. The monoisotopic (exact) mass is 531 g/mol. The van der Waals surface area contributed by atoms with E-state index in [1.165, 1.54) is 17.3 Å². The van der Waals surface area contributed by atoms with Crippen LogP contribution in [-0.4, -0.2) is 34.5 Å². The number of rotatable bonds is 4. The van der Waals surface area contributed by atoms with Gasteiger partial charge < -0.3 is 0 Å². The van der Waals surface area contributed by atoms with E-state index in [9.17, 15) is 0 Å². The standard InChI is InChI=1S/C25H21SeTe/c1-27(21-10-6-3-7-11-21)23-17-15-19-13-12-18-14-16-22(25(23)24(18)19)26-20-8-4-2-5-9-20/h2-11,14-17H,12-13H2,1H3/q+1. The van der Waals surface area contributed by atoms with E-state index in [1.54, 1.807) is 33.6 Å². The Morgan fingerprint density at radius 2 is 1.30 bits per heavy atom. The van der Waals surface area contributed by atoms with Crippen LogP contribution in [0.4, 0.5) is 0 Å². The number of aryl methyl sites for hydroxylation is 2. The van der Waals surface area contributed by atoms with Crippen molar-refractivity contribution < 1.29 is 0 Å². The Kier molecular flexibility index (Phi) is 4.85. The predicted molar refractivity (Wildman–Crippen MR) is 120 cm³/mol. The fraction of sp³-hybridized carbons (Fsp3) is 0.120. The van der Waals surface area contributed by atoms with Gasteiger partial charge in [0.2, 0.25) is 0 Å². The van der Waals surface area contributed by atoms with Crippen molar-refractivity contribution >= 4 is 61.4 Å². The number of benzene rings is 4. The predicted octanol–water partition coefficient (Wildman–Crippen LogP) is 2.83. The van der Waals surface area contributed by atoms with Gasteiger partial charge in [-0.2, -0.15) is 0 Å². The molecule has 0 bridgehead atoms. The van der Waals surface area contributed by atoms with Gasteiger partial charge in [0.15, 0.2) is 0 Å². The van der Waals surface area contributed by atoms with Crippen molar-refractivity contribution in [2.45, 2.75) is 17.8 Å². The van der Waals surface area contributed by atoms with E-state index < -0.39 is 19.6 Å². The van der Waals surface area contributed by atoms with Gasteiger partial charge in [-0.1, -0.05) is 0 Å². The van der Waals surface area contributed by atoms with E-state index in [4.69, 9.17) is 0 Å². The summed E-state index contributed by atoms with van der Waals surface area (Å²) in [5, 5.41) is 3.20. The van der Waals surface area contributed by atoms with Crippen LogP contribution < -0.4 is 16.1 Å². The first kappa shape index (κ1) is 17.5. The molecule has 0 saturated heterocycles. The zero-order valence-electron chi connectivity index (χ0n) is 15.3. The minimum absolute atomic E-state index is 0.353. The quantitative estimate of drug-likeness (QED) is 0.358. The maximum absolute atomic E-state index is 2.52. The first-order chi connectivity index (χ1) is 13.3. The van der Waals surface area contributed by atoms with Crippen LogP contribution >= 0.6 is 0 Å². The fourth-order valence-corrected chi connectivity index (χ4v) is 11.1. The number of hydrogen-bond donors (Lipinski definition) is 0. The summed E-state index contributed by atoms with van der Waals surface area (Å²) >= 11 is -1.22. The molecule has 0 atom stereocenters. The molecule has 1 aliphatic carbocycles. The van der Waals surface area contributed by atoms with Gasteiger partial charge in [-0.05, 0) is 0 Å². The van der Waals surface area contributed by atoms with Gasteiger partial charge >= 0.3 is 175 Å². The van der Waals surface area contributed by atoms with E-state index in [1.807, 2.05) is 0 Å². The van der Waals surface area contributed by atoms with Gasteiger partial charge in [-0.25, -0.2) is 0 Å². The Labute approximate surface area is 174 Å². The molecule has 4 aromatic rings. The summed E-state index contributed by atoms with van der Waals surface area (Å²) in [6.45, 7) is 0. The van der Waals surface area contributed by atoms with E-state index in [0.717, 1.165) is 0 Å². The van der Waals surface area contributed by atoms with E-state index >= 15 is 0 Å². The van der Waals surface area contributed by atoms with Crippen LogP contribution in [0, 0.1) is 0 Å². The zero-order chi connectivity index (χ0) is 18.2. The maximum atomic E-state index is 2.52. The van der Waals surface area contributed by atoms with Crippen molar-refractivity contribution in [1.82, 2.24) is 0 Å². The van der Waals surface area contributed by atoms with E-state index in [0.29, 0.717) is 15.0 Å². The summed E-state index contributed by atoms with van der Waals surface area (Å²) in [5.41, 5.74) is 3.13. The third-order valence-electron chi connectivity index (χ3n) is 5.32. The van der Waals surface area contributed by atoms with Crippen molar-refractivity contribution in [2.24, 2.45) is 0 Å². The van der Waals surface area contributed by atoms with Crippen LogP contribution in [0.2, 0.25) is 4.97 Å². The second-order valence-corrected chi connectivity index (χ2v) is 14.8. The first-order valence-electron chi connectivity index (χ1n) is 9.32. The molecule has 0 unspecified atom stereocenters. The molecule has 0 fully saturated rings. The third-order valence-corrected chi connectivity index (χ3v) is 13.2. The van der Waals surface area contributed by atoms with Gasteiger partial charge in [0.25, 0.3) is 0 Å². The molecule has 0 heterocycles. The average Bonchev–Trinajstić information content (AvgIpc) is 3.15. The Balaban J connectivity index is 1.72. The third kappa shape index (κ3) is 3.26. The molecule has 0 aliphatic heterocycles. The van der Waals surface area contributed by atoms with Gasteiger partial charge in [0.05, 0.1) is 0 Å². The van der Waals surface area contributed by atoms with Crippen molar-refractivity contribution in [3.8, 4) is 0 Å². The Morgan fingerprint density at radius 3 is 2.00 bits per heavy atom. The molecule has 0 saturated carbocycles. The first-order valence-corrected chi connectivity index (χ1v) is 15.7. The summed E-state index contributed by atoms with van der Waals surface area (Å²) in [5.74, 6) is 0. The Morgan fingerprint density at radius 1 is 0.667 bits per heavy atom. The Bertz CT molecular complexity index is 1090. The van der Waals surface area contributed by atoms with Gasteiger partial charge in [-0.3, -0.25) is 0 Å². The summed E-state index contributed by atoms with van der Waals surface area (Å²) in [4.78, 5) is 2.52. The van der Waals surface area contributed by atoms with Gasteiger partial charge in [-0.15, -0.1) is 0 Å². The van der Waals surface area contributed by atoms with E-state index in [2.05, 4.69) is 89.9 Å². The zero-order valence-corrected chi connectivity index (χ0v) is 19.4. The molecule has 4 aromatic carbocycles. The molecule has 0 radical (unpaired) electrons.